The van der Waals surface area contributed by atoms with Crippen molar-refractivity contribution in [2.24, 2.45) is 17.6 Å². The summed E-state index contributed by atoms with van der Waals surface area (Å²) in [5.74, 6) is -7.70. The number of hydrogen-bond acceptors (Lipinski definition) is 7. The van der Waals surface area contributed by atoms with Crippen LogP contribution in [0, 0.1) is 17.7 Å². The van der Waals surface area contributed by atoms with Crippen LogP contribution in [0.2, 0.25) is 0 Å². The number of amides is 3. The van der Waals surface area contributed by atoms with Crippen molar-refractivity contribution in [3.63, 3.8) is 0 Å². The summed E-state index contributed by atoms with van der Waals surface area (Å²) in [4.78, 5) is 60.5. The zero-order valence-corrected chi connectivity index (χ0v) is 17.6. The molecule has 3 atom stereocenters. The third-order valence-electron chi connectivity index (χ3n) is 4.64. The van der Waals surface area contributed by atoms with E-state index >= 15 is 0 Å². The van der Waals surface area contributed by atoms with Gasteiger partial charge in [0.05, 0.1) is 14.2 Å². The highest BCUT2D eigenvalue weighted by Crippen LogP contribution is 2.20. The second-order valence-corrected chi connectivity index (χ2v) is 6.82. The summed E-state index contributed by atoms with van der Waals surface area (Å²) in [6, 6.07) is 2.93. The van der Waals surface area contributed by atoms with E-state index in [9.17, 15) is 28.4 Å². The molecule has 1 aromatic carbocycles. The molecular formula is C20H26FN3O7. The van der Waals surface area contributed by atoms with Gasteiger partial charge in [0.2, 0.25) is 17.7 Å². The van der Waals surface area contributed by atoms with Crippen LogP contribution < -0.4 is 16.4 Å². The van der Waals surface area contributed by atoms with Crippen molar-refractivity contribution in [1.82, 2.24) is 10.6 Å². The number of methoxy groups -OCH3 is 2. The number of esters is 2. The molecule has 0 fully saturated rings. The summed E-state index contributed by atoms with van der Waals surface area (Å²) in [6.07, 6.45) is -0.213. The van der Waals surface area contributed by atoms with E-state index in [1.54, 1.807) is 6.07 Å². The molecule has 0 saturated carbocycles. The zero-order valence-electron chi connectivity index (χ0n) is 17.6. The summed E-state index contributed by atoms with van der Waals surface area (Å²) >= 11 is 0. The second kappa shape index (κ2) is 11.6. The van der Waals surface area contributed by atoms with E-state index in [0.717, 1.165) is 14.2 Å². The van der Waals surface area contributed by atoms with Crippen LogP contribution in [-0.2, 0) is 39.9 Å². The predicted molar refractivity (Wildman–Crippen MR) is 106 cm³/mol. The fraction of sp³-hybridized carbons (Fsp3) is 0.450. The highest BCUT2D eigenvalue weighted by atomic mass is 19.1. The van der Waals surface area contributed by atoms with Gasteiger partial charge >= 0.3 is 11.9 Å². The maximum Gasteiger partial charge on any atom is 0.320 e. The molecule has 0 aliphatic rings. The Hall–Kier alpha value is -3.50. The fourth-order valence-electron chi connectivity index (χ4n) is 3.03. The fourth-order valence-corrected chi connectivity index (χ4v) is 3.03. The van der Waals surface area contributed by atoms with Crippen molar-refractivity contribution >= 4 is 29.7 Å². The van der Waals surface area contributed by atoms with Crippen molar-refractivity contribution in [2.75, 3.05) is 14.2 Å². The molecule has 0 aliphatic heterocycles. The lowest BCUT2D eigenvalue weighted by Crippen LogP contribution is -2.57. The lowest BCUT2D eigenvalue weighted by atomic mass is 9.86. The van der Waals surface area contributed by atoms with Crippen molar-refractivity contribution in [3.05, 3.63) is 35.6 Å². The minimum absolute atomic E-state index is 0.155. The topological polar surface area (TPSA) is 154 Å². The molecule has 0 radical (unpaired) electrons. The molecule has 3 amide bonds. The molecule has 170 valence electrons. The van der Waals surface area contributed by atoms with Gasteiger partial charge in [0, 0.05) is 19.3 Å². The smallest absolute Gasteiger partial charge is 0.320 e. The van der Waals surface area contributed by atoms with E-state index in [2.05, 4.69) is 20.1 Å². The van der Waals surface area contributed by atoms with Crippen LogP contribution in [0.4, 0.5) is 4.39 Å². The summed E-state index contributed by atoms with van der Waals surface area (Å²) in [5, 5.41) is 4.72. The Kier molecular flexibility index (Phi) is 9.58. The minimum atomic E-state index is -1.54. The maximum absolute atomic E-state index is 14.0. The largest absolute Gasteiger partial charge is 0.468 e. The van der Waals surface area contributed by atoms with Crippen LogP contribution in [0.15, 0.2) is 24.3 Å². The molecule has 0 heterocycles. The highest BCUT2D eigenvalue weighted by molar-refractivity contribution is 5.97. The summed E-state index contributed by atoms with van der Waals surface area (Å²) in [6.45, 7) is 2.50. The Morgan fingerprint density at radius 3 is 2.03 bits per heavy atom. The summed E-state index contributed by atoms with van der Waals surface area (Å²) < 4.78 is 23.2. The molecule has 0 aliphatic carbocycles. The van der Waals surface area contributed by atoms with Crippen LogP contribution >= 0.6 is 0 Å². The molecule has 4 N–H and O–H groups in total. The molecule has 0 spiro atoms. The van der Waals surface area contributed by atoms with Gasteiger partial charge in [0.25, 0.3) is 0 Å². The van der Waals surface area contributed by atoms with Crippen LogP contribution in [0.3, 0.4) is 0 Å². The average molecular weight is 439 g/mol. The summed E-state index contributed by atoms with van der Waals surface area (Å²) in [7, 11) is 2.09. The predicted octanol–water partition coefficient (Wildman–Crippen LogP) is -0.559. The van der Waals surface area contributed by atoms with Crippen molar-refractivity contribution in [2.45, 2.75) is 32.4 Å². The Labute approximate surface area is 178 Å². The van der Waals surface area contributed by atoms with Crippen LogP contribution in [-0.4, -0.2) is 56.0 Å². The van der Waals surface area contributed by atoms with Gasteiger partial charge < -0.3 is 25.8 Å². The third-order valence-corrected chi connectivity index (χ3v) is 4.64. The minimum Gasteiger partial charge on any atom is -0.468 e. The number of nitrogens with one attached hydrogen (secondary N) is 2. The van der Waals surface area contributed by atoms with Gasteiger partial charge in [-0.05, 0) is 11.6 Å². The molecule has 1 aromatic rings. The first kappa shape index (κ1) is 25.5. The van der Waals surface area contributed by atoms with Crippen molar-refractivity contribution in [1.29, 1.82) is 0 Å². The SMILES string of the molecule is COC(=O)C(C(=O)OC)[C@@H](C)[C@@H](NC(=O)[C@@H](Cc1ccccc1F)NC(C)=O)C(N)=O. The number of nitrogens with two attached hydrogens (primary N) is 1. The second-order valence-electron chi connectivity index (χ2n) is 6.82. The van der Waals surface area contributed by atoms with Gasteiger partial charge in [-0.1, -0.05) is 25.1 Å². The number of hydrogen-bond donors (Lipinski definition) is 3. The van der Waals surface area contributed by atoms with E-state index in [1.165, 1.54) is 32.0 Å². The van der Waals surface area contributed by atoms with Crippen LogP contribution in [0.5, 0.6) is 0 Å². The lowest BCUT2D eigenvalue weighted by molar-refractivity contribution is -0.162. The van der Waals surface area contributed by atoms with Gasteiger partial charge in [-0.25, -0.2) is 4.39 Å². The molecule has 0 saturated heterocycles. The van der Waals surface area contributed by atoms with E-state index in [-0.39, 0.29) is 12.0 Å². The first-order valence-electron chi connectivity index (χ1n) is 9.29. The van der Waals surface area contributed by atoms with E-state index in [0.29, 0.717) is 0 Å². The maximum atomic E-state index is 14.0. The number of rotatable bonds is 10. The number of halogens is 1. The van der Waals surface area contributed by atoms with Crippen LogP contribution in [0.1, 0.15) is 19.4 Å². The van der Waals surface area contributed by atoms with E-state index in [1.807, 2.05) is 0 Å². The first-order valence-corrected chi connectivity index (χ1v) is 9.29. The lowest BCUT2D eigenvalue weighted by Gasteiger charge is -2.28. The Balaban J connectivity index is 3.16. The molecule has 11 heteroatoms. The Morgan fingerprint density at radius 2 is 1.58 bits per heavy atom. The monoisotopic (exact) mass is 439 g/mol. The average Bonchev–Trinajstić information content (AvgIpc) is 2.71. The molecule has 10 nitrogen and oxygen atoms in total. The number of carbonyl (C=O) groups is 5. The molecular weight excluding hydrogens is 413 g/mol. The molecule has 0 aromatic heterocycles. The number of primary amides is 1. The Morgan fingerprint density at radius 1 is 1.03 bits per heavy atom. The number of benzene rings is 1. The summed E-state index contributed by atoms with van der Waals surface area (Å²) in [5.41, 5.74) is 5.53. The Bertz CT molecular complexity index is 830. The van der Waals surface area contributed by atoms with Gasteiger partial charge in [0.1, 0.15) is 17.9 Å². The number of ether oxygens (including phenoxy) is 2. The van der Waals surface area contributed by atoms with Crippen molar-refractivity contribution < 1.29 is 37.8 Å². The number of carbonyl (C=O) groups excluding carboxylic acids is 5. The van der Waals surface area contributed by atoms with Crippen LogP contribution in [0.25, 0.3) is 0 Å². The standard InChI is InChI=1S/C20H26FN3O7/c1-10(15(19(28)30-3)20(29)31-4)16(17(22)26)24-18(27)14(23-11(2)25)9-12-7-5-6-8-13(12)21/h5-8,10,14-16H,9H2,1-4H3,(H2,22,26)(H,23,25)(H,24,27)/t10-,14-,16-/m1/s1. The molecule has 0 bridgehead atoms. The molecule has 1 rings (SSSR count). The van der Waals surface area contributed by atoms with Gasteiger partial charge in [-0.3, -0.25) is 24.0 Å². The van der Waals surface area contributed by atoms with Gasteiger partial charge in [0.15, 0.2) is 5.92 Å². The highest BCUT2D eigenvalue weighted by Gasteiger charge is 2.42. The quantitative estimate of drug-likeness (QED) is 0.326. The molecule has 31 heavy (non-hydrogen) atoms. The van der Waals surface area contributed by atoms with Crippen molar-refractivity contribution in [3.8, 4) is 0 Å². The van der Waals surface area contributed by atoms with E-state index in [4.69, 9.17) is 5.73 Å². The zero-order chi connectivity index (χ0) is 23.7. The molecule has 0 unspecified atom stereocenters. The van der Waals surface area contributed by atoms with E-state index < -0.39 is 59.4 Å². The van der Waals surface area contributed by atoms with Gasteiger partial charge in [-0.2, -0.15) is 0 Å². The third kappa shape index (κ3) is 7.05. The van der Waals surface area contributed by atoms with Gasteiger partial charge in [-0.15, -0.1) is 0 Å². The first-order chi connectivity index (χ1) is 14.5. The normalized spacial score (nSPS) is 13.5.